The maximum Gasteiger partial charge on any atom is 0.239 e. The number of carbonyl (C=O) groups excluding carboxylic acids is 1. The molecule has 0 saturated carbocycles. The minimum absolute atomic E-state index is 0.195. The SMILES string of the molecule is NC(=O)CN1C=CC=CN1. The quantitative estimate of drug-likeness (QED) is 0.533. The molecule has 0 bridgehead atoms. The number of hydrogen-bond acceptors (Lipinski definition) is 3. The van der Waals surface area contributed by atoms with Gasteiger partial charge in [0, 0.05) is 12.4 Å². The first-order valence-corrected chi connectivity index (χ1v) is 2.93. The van der Waals surface area contributed by atoms with Crippen LogP contribution in [0.15, 0.2) is 24.6 Å². The third-order valence-electron chi connectivity index (χ3n) is 1.04. The van der Waals surface area contributed by atoms with Crippen molar-refractivity contribution in [3.63, 3.8) is 0 Å². The first-order chi connectivity index (χ1) is 4.79. The van der Waals surface area contributed by atoms with Crippen LogP contribution in [0.4, 0.5) is 0 Å². The highest BCUT2D eigenvalue weighted by Gasteiger charge is 2.00. The van der Waals surface area contributed by atoms with Gasteiger partial charge in [0.05, 0.1) is 0 Å². The van der Waals surface area contributed by atoms with E-state index < -0.39 is 0 Å². The van der Waals surface area contributed by atoms with Crippen molar-refractivity contribution in [2.24, 2.45) is 5.73 Å². The number of hydrazine groups is 1. The Morgan fingerprint density at radius 3 is 2.90 bits per heavy atom. The number of rotatable bonds is 2. The molecular weight excluding hydrogens is 130 g/mol. The van der Waals surface area contributed by atoms with Crippen LogP contribution in [0.1, 0.15) is 0 Å². The number of allylic oxidation sites excluding steroid dienone is 2. The summed E-state index contributed by atoms with van der Waals surface area (Å²) in [4.78, 5) is 10.4. The summed E-state index contributed by atoms with van der Waals surface area (Å²) in [5.41, 5.74) is 7.76. The van der Waals surface area contributed by atoms with Crippen molar-refractivity contribution >= 4 is 5.91 Å². The van der Waals surface area contributed by atoms with Crippen molar-refractivity contribution < 1.29 is 4.79 Å². The molecule has 4 nitrogen and oxygen atoms in total. The van der Waals surface area contributed by atoms with Gasteiger partial charge in [-0.1, -0.05) is 0 Å². The second kappa shape index (κ2) is 2.91. The molecule has 0 spiro atoms. The van der Waals surface area contributed by atoms with Crippen LogP contribution < -0.4 is 11.2 Å². The van der Waals surface area contributed by atoms with Gasteiger partial charge in [0.15, 0.2) is 0 Å². The van der Waals surface area contributed by atoms with Gasteiger partial charge >= 0.3 is 0 Å². The van der Waals surface area contributed by atoms with Crippen LogP contribution in [-0.4, -0.2) is 17.5 Å². The van der Waals surface area contributed by atoms with Crippen molar-refractivity contribution in [1.29, 1.82) is 0 Å². The fourth-order valence-corrected chi connectivity index (χ4v) is 0.657. The summed E-state index contributed by atoms with van der Waals surface area (Å²) in [6, 6.07) is 0. The van der Waals surface area contributed by atoms with Gasteiger partial charge in [-0.05, 0) is 12.2 Å². The van der Waals surface area contributed by atoms with Crippen molar-refractivity contribution in [2.75, 3.05) is 6.54 Å². The molecule has 10 heavy (non-hydrogen) atoms. The van der Waals surface area contributed by atoms with Crippen molar-refractivity contribution in [1.82, 2.24) is 10.4 Å². The third kappa shape index (κ3) is 1.81. The molecule has 54 valence electrons. The van der Waals surface area contributed by atoms with Crippen LogP contribution in [0.3, 0.4) is 0 Å². The summed E-state index contributed by atoms with van der Waals surface area (Å²) in [5, 5.41) is 1.60. The average Bonchev–Trinajstić information content (AvgIpc) is 1.88. The summed E-state index contributed by atoms with van der Waals surface area (Å²) < 4.78 is 0. The summed E-state index contributed by atoms with van der Waals surface area (Å²) in [6.45, 7) is 0.195. The predicted molar refractivity (Wildman–Crippen MR) is 37.3 cm³/mol. The lowest BCUT2D eigenvalue weighted by Crippen LogP contribution is -2.37. The molecule has 0 atom stereocenters. The summed E-state index contributed by atoms with van der Waals surface area (Å²) >= 11 is 0. The van der Waals surface area contributed by atoms with E-state index in [4.69, 9.17) is 5.73 Å². The lowest BCUT2D eigenvalue weighted by molar-refractivity contribution is -0.119. The molecule has 1 amide bonds. The van der Waals surface area contributed by atoms with E-state index in [0.717, 1.165) is 0 Å². The van der Waals surface area contributed by atoms with Crippen LogP contribution in [-0.2, 0) is 4.79 Å². The largest absolute Gasteiger partial charge is 0.368 e. The highest BCUT2D eigenvalue weighted by atomic mass is 16.1. The Hall–Kier alpha value is -1.45. The van der Waals surface area contributed by atoms with Gasteiger partial charge in [-0.25, -0.2) is 0 Å². The molecule has 0 fully saturated rings. The van der Waals surface area contributed by atoms with Gasteiger partial charge < -0.3 is 11.2 Å². The van der Waals surface area contributed by atoms with Crippen LogP contribution in [0.5, 0.6) is 0 Å². The van der Waals surface area contributed by atoms with Gasteiger partial charge in [-0.2, -0.15) is 0 Å². The normalized spacial score (nSPS) is 15.0. The van der Waals surface area contributed by atoms with Gasteiger partial charge in [0.2, 0.25) is 5.91 Å². The summed E-state index contributed by atoms with van der Waals surface area (Å²) in [7, 11) is 0. The van der Waals surface area contributed by atoms with Gasteiger partial charge in [-0.3, -0.25) is 9.80 Å². The number of nitrogens with zero attached hydrogens (tertiary/aromatic N) is 1. The molecule has 1 aliphatic heterocycles. The molecule has 0 saturated heterocycles. The van der Waals surface area contributed by atoms with Crippen molar-refractivity contribution in [2.45, 2.75) is 0 Å². The van der Waals surface area contributed by atoms with E-state index in [9.17, 15) is 4.79 Å². The lowest BCUT2D eigenvalue weighted by Gasteiger charge is -2.19. The van der Waals surface area contributed by atoms with Crippen molar-refractivity contribution in [3.05, 3.63) is 24.6 Å². The number of amides is 1. The summed E-state index contributed by atoms with van der Waals surface area (Å²) in [5.74, 6) is -0.354. The fourth-order valence-electron chi connectivity index (χ4n) is 0.657. The van der Waals surface area contributed by atoms with E-state index in [2.05, 4.69) is 5.43 Å². The van der Waals surface area contributed by atoms with Crippen molar-refractivity contribution in [3.8, 4) is 0 Å². The zero-order valence-electron chi connectivity index (χ0n) is 5.45. The molecule has 0 aromatic heterocycles. The van der Waals surface area contributed by atoms with E-state index in [-0.39, 0.29) is 12.5 Å². The first kappa shape index (κ1) is 6.67. The summed E-state index contributed by atoms with van der Waals surface area (Å²) in [6.07, 6.45) is 7.12. The van der Waals surface area contributed by atoms with E-state index in [1.54, 1.807) is 17.4 Å². The molecule has 0 unspecified atom stereocenters. The van der Waals surface area contributed by atoms with E-state index in [0.29, 0.717) is 0 Å². The number of nitrogens with two attached hydrogens (primary N) is 1. The van der Waals surface area contributed by atoms with Gasteiger partial charge in [-0.15, -0.1) is 0 Å². The second-order valence-corrected chi connectivity index (χ2v) is 1.92. The molecule has 4 heteroatoms. The van der Waals surface area contributed by atoms with Crippen LogP contribution in [0.25, 0.3) is 0 Å². The molecule has 1 heterocycles. The van der Waals surface area contributed by atoms with Crippen LogP contribution in [0, 0.1) is 0 Å². The molecule has 3 N–H and O–H groups in total. The Kier molecular flexibility index (Phi) is 1.94. The standard InChI is InChI=1S/C6H9N3O/c7-6(10)5-9-4-2-1-3-8-9/h1-4,8H,5H2,(H2,7,10). The van der Waals surface area contributed by atoms with E-state index in [1.807, 2.05) is 12.2 Å². The smallest absolute Gasteiger partial charge is 0.239 e. The van der Waals surface area contributed by atoms with E-state index in [1.165, 1.54) is 0 Å². The molecule has 1 aliphatic rings. The minimum Gasteiger partial charge on any atom is -0.368 e. The Morgan fingerprint density at radius 2 is 2.40 bits per heavy atom. The first-order valence-electron chi connectivity index (χ1n) is 2.93. The zero-order valence-corrected chi connectivity index (χ0v) is 5.45. The van der Waals surface area contributed by atoms with Gasteiger partial charge in [0.1, 0.15) is 6.54 Å². The predicted octanol–water partition coefficient (Wildman–Crippen LogP) is -0.681. The highest BCUT2D eigenvalue weighted by Crippen LogP contribution is 1.90. The van der Waals surface area contributed by atoms with Crippen LogP contribution in [0.2, 0.25) is 0 Å². The number of primary amides is 1. The van der Waals surface area contributed by atoms with Crippen LogP contribution >= 0.6 is 0 Å². The Morgan fingerprint density at radius 1 is 1.60 bits per heavy atom. The topological polar surface area (TPSA) is 58.4 Å². The monoisotopic (exact) mass is 139 g/mol. The Labute approximate surface area is 59.0 Å². The maximum atomic E-state index is 10.4. The fraction of sp³-hybridized carbons (Fsp3) is 0.167. The van der Waals surface area contributed by atoms with Gasteiger partial charge in [0.25, 0.3) is 0 Å². The number of carbonyl (C=O) groups is 1. The second-order valence-electron chi connectivity index (χ2n) is 1.92. The zero-order chi connectivity index (χ0) is 7.40. The maximum absolute atomic E-state index is 10.4. The Balaban J connectivity index is 2.37. The molecule has 0 aromatic rings. The molecule has 1 rings (SSSR count). The molecule has 0 aliphatic carbocycles. The number of nitrogens with one attached hydrogen (secondary N) is 1. The molecular formula is C6H9N3O. The molecule has 0 radical (unpaired) electrons. The lowest BCUT2D eigenvalue weighted by atomic mass is 10.5. The molecule has 0 aromatic carbocycles. The third-order valence-corrected chi connectivity index (χ3v) is 1.04. The Bertz CT molecular complexity index is 185. The highest BCUT2D eigenvalue weighted by molar-refractivity contribution is 5.76. The van der Waals surface area contributed by atoms with E-state index >= 15 is 0 Å². The minimum atomic E-state index is -0.354. The number of hydrogen-bond donors (Lipinski definition) is 2. The average molecular weight is 139 g/mol.